The summed E-state index contributed by atoms with van der Waals surface area (Å²) in [7, 11) is 0. The molecule has 0 bridgehead atoms. The van der Waals surface area contributed by atoms with Gasteiger partial charge in [0.25, 0.3) is 0 Å². The van der Waals surface area contributed by atoms with Gasteiger partial charge in [-0.2, -0.15) is 0 Å². The molecule has 72 valence electrons. The van der Waals surface area contributed by atoms with Crippen LogP contribution in [0.5, 0.6) is 0 Å². The number of cyclic esters (lactones) is 1. The van der Waals surface area contributed by atoms with E-state index in [1.165, 1.54) is 0 Å². The van der Waals surface area contributed by atoms with E-state index in [2.05, 4.69) is 10.0 Å². The normalized spacial score (nSPS) is 38.2. The highest BCUT2D eigenvalue weighted by Crippen LogP contribution is 2.39. The van der Waals surface area contributed by atoms with Gasteiger partial charge in [-0.05, 0) is 12.0 Å². The maximum Gasteiger partial charge on any atom is 0.334 e. The number of ether oxygens (including phenoxy) is 1. The van der Waals surface area contributed by atoms with Crippen LogP contribution < -0.4 is 0 Å². The molecule has 0 spiro atoms. The molecule has 0 aromatic rings. The Morgan fingerprint density at radius 3 is 2.85 bits per heavy atom. The van der Waals surface area contributed by atoms with Gasteiger partial charge in [-0.15, -0.1) is 0 Å². The van der Waals surface area contributed by atoms with Crippen molar-refractivity contribution in [2.24, 2.45) is 11.0 Å². The van der Waals surface area contributed by atoms with Gasteiger partial charge in [0.15, 0.2) is 0 Å². The van der Waals surface area contributed by atoms with Crippen LogP contribution in [0.2, 0.25) is 0 Å². The van der Waals surface area contributed by atoms with Crippen molar-refractivity contribution in [3.8, 4) is 0 Å². The number of hydrogen-bond acceptors (Lipinski definition) is 3. The van der Waals surface area contributed by atoms with E-state index in [1.54, 1.807) is 6.92 Å². The summed E-state index contributed by atoms with van der Waals surface area (Å²) in [5, 5.41) is 3.29. The van der Waals surface area contributed by atoms with Crippen LogP contribution in [-0.2, 0) is 9.53 Å². The molecule has 1 aliphatic rings. The molecule has 1 fully saturated rings. The Bertz CT molecular complexity index is 277. The number of rotatable bonds is 2. The van der Waals surface area contributed by atoms with E-state index in [0.29, 0.717) is 6.42 Å². The quantitative estimate of drug-likeness (QED) is 0.172. The number of carbonyl (C=O) groups excluding carboxylic acids is 1. The number of carbonyl (C=O) groups is 1. The SMILES string of the molecule is CC[C@H]1OC(=O)[C@](Cl)(N=[N+]=[N-])[C@@H]1C. The van der Waals surface area contributed by atoms with E-state index in [9.17, 15) is 4.79 Å². The van der Waals surface area contributed by atoms with Crippen LogP contribution in [0.3, 0.4) is 0 Å². The van der Waals surface area contributed by atoms with Crippen molar-refractivity contribution in [3.05, 3.63) is 10.4 Å². The zero-order valence-electron chi connectivity index (χ0n) is 7.40. The second kappa shape index (κ2) is 3.44. The summed E-state index contributed by atoms with van der Waals surface area (Å²) in [6.45, 7) is 3.62. The number of halogens is 1. The van der Waals surface area contributed by atoms with Crippen molar-refractivity contribution >= 4 is 17.6 Å². The third-order valence-corrected chi connectivity index (χ3v) is 2.87. The van der Waals surface area contributed by atoms with Crippen LogP contribution in [0, 0.1) is 5.92 Å². The number of alkyl halides is 1. The molecule has 5 nitrogen and oxygen atoms in total. The average molecular weight is 204 g/mol. The Morgan fingerprint density at radius 2 is 2.46 bits per heavy atom. The second-order valence-electron chi connectivity index (χ2n) is 3.00. The first-order valence-electron chi connectivity index (χ1n) is 4.02. The van der Waals surface area contributed by atoms with Crippen molar-refractivity contribution in [2.45, 2.75) is 31.4 Å². The maximum atomic E-state index is 11.2. The van der Waals surface area contributed by atoms with Crippen LogP contribution in [0.15, 0.2) is 5.11 Å². The van der Waals surface area contributed by atoms with Crippen molar-refractivity contribution < 1.29 is 9.53 Å². The van der Waals surface area contributed by atoms with Gasteiger partial charge in [0, 0.05) is 10.8 Å². The van der Waals surface area contributed by atoms with Crippen molar-refractivity contribution in [2.75, 3.05) is 0 Å². The molecular formula is C7H10ClN3O2. The molecule has 0 amide bonds. The fraction of sp³-hybridized carbons (Fsp3) is 0.857. The Kier molecular flexibility index (Phi) is 2.68. The zero-order valence-corrected chi connectivity index (χ0v) is 8.15. The monoisotopic (exact) mass is 203 g/mol. The van der Waals surface area contributed by atoms with Gasteiger partial charge in [-0.1, -0.05) is 30.6 Å². The van der Waals surface area contributed by atoms with Gasteiger partial charge in [0.1, 0.15) is 6.10 Å². The average Bonchev–Trinajstić information content (AvgIpc) is 2.31. The summed E-state index contributed by atoms with van der Waals surface area (Å²) in [6.07, 6.45) is 0.415. The van der Waals surface area contributed by atoms with Gasteiger partial charge in [-0.25, -0.2) is 4.79 Å². The highest BCUT2D eigenvalue weighted by Gasteiger charge is 2.53. The Labute approximate surface area is 80.6 Å². The largest absolute Gasteiger partial charge is 0.461 e. The van der Waals surface area contributed by atoms with Crippen LogP contribution in [-0.4, -0.2) is 17.1 Å². The first kappa shape index (κ1) is 10.2. The van der Waals surface area contributed by atoms with E-state index >= 15 is 0 Å². The highest BCUT2D eigenvalue weighted by molar-refractivity contribution is 6.34. The molecule has 1 heterocycles. The predicted molar refractivity (Wildman–Crippen MR) is 47.1 cm³/mol. The van der Waals surface area contributed by atoms with Gasteiger partial charge in [-0.3, -0.25) is 0 Å². The summed E-state index contributed by atoms with van der Waals surface area (Å²) >= 11 is 5.85. The molecule has 1 rings (SSSR count). The molecule has 13 heavy (non-hydrogen) atoms. The van der Waals surface area contributed by atoms with Crippen LogP contribution in [0.4, 0.5) is 0 Å². The topological polar surface area (TPSA) is 75.1 Å². The standard InChI is InChI=1S/C7H10ClN3O2/c1-3-5-4(2)7(8,10-11-9)6(12)13-5/h4-5H,3H2,1-2H3/t4-,5-,7-/m1/s1. The lowest BCUT2D eigenvalue weighted by atomic mass is 9.97. The molecule has 0 aromatic carbocycles. The molecule has 0 aromatic heterocycles. The van der Waals surface area contributed by atoms with Gasteiger partial charge >= 0.3 is 5.97 Å². The van der Waals surface area contributed by atoms with E-state index in [-0.39, 0.29) is 12.0 Å². The molecule has 0 aliphatic carbocycles. The lowest BCUT2D eigenvalue weighted by Gasteiger charge is -2.16. The third-order valence-electron chi connectivity index (χ3n) is 2.30. The molecule has 0 N–H and O–H groups in total. The molecular weight excluding hydrogens is 194 g/mol. The fourth-order valence-corrected chi connectivity index (χ4v) is 1.61. The van der Waals surface area contributed by atoms with E-state index in [1.807, 2.05) is 6.92 Å². The second-order valence-corrected chi connectivity index (χ2v) is 3.58. The summed E-state index contributed by atoms with van der Waals surface area (Å²) in [5.74, 6) is -0.936. The third kappa shape index (κ3) is 1.45. The molecule has 1 saturated heterocycles. The molecule has 0 unspecified atom stereocenters. The lowest BCUT2D eigenvalue weighted by Crippen LogP contribution is -2.31. The van der Waals surface area contributed by atoms with Crippen molar-refractivity contribution in [3.63, 3.8) is 0 Å². The first-order chi connectivity index (χ1) is 6.06. The Balaban J connectivity index is 2.98. The van der Waals surface area contributed by atoms with E-state index in [0.717, 1.165) is 0 Å². The summed E-state index contributed by atoms with van der Waals surface area (Å²) in [5.41, 5.74) is 8.25. The van der Waals surface area contributed by atoms with Crippen LogP contribution >= 0.6 is 11.6 Å². The summed E-state index contributed by atoms with van der Waals surface area (Å²) < 4.78 is 4.96. The maximum absolute atomic E-state index is 11.2. The minimum Gasteiger partial charge on any atom is -0.461 e. The molecule has 1 aliphatic heterocycles. The molecule has 6 heteroatoms. The molecule has 0 radical (unpaired) electrons. The van der Waals surface area contributed by atoms with Gasteiger partial charge in [0.2, 0.25) is 5.00 Å². The summed E-state index contributed by atoms with van der Waals surface area (Å²) in [4.78, 5) is 12.3. The lowest BCUT2D eigenvalue weighted by molar-refractivity contribution is -0.143. The number of hydrogen-bond donors (Lipinski definition) is 0. The minimum absolute atomic E-state index is 0.254. The van der Waals surface area contributed by atoms with Crippen LogP contribution in [0.25, 0.3) is 10.4 Å². The predicted octanol–water partition coefficient (Wildman–Crippen LogP) is 2.20. The first-order valence-corrected chi connectivity index (χ1v) is 4.40. The fourth-order valence-electron chi connectivity index (χ4n) is 1.39. The number of esters is 1. The minimum atomic E-state index is -1.55. The van der Waals surface area contributed by atoms with Gasteiger partial charge in [0.05, 0.1) is 0 Å². The molecule has 3 atom stereocenters. The summed E-state index contributed by atoms with van der Waals surface area (Å²) in [6, 6.07) is 0. The Morgan fingerprint density at radius 1 is 1.85 bits per heavy atom. The van der Waals surface area contributed by atoms with Crippen molar-refractivity contribution in [1.29, 1.82) is 0 Å². The number of azide groups is 1. The van der Waals surface area contributed by atoms with E-state index in [4.69, 9.17) is 21.9 Å². The van der Waals surface area contributed by atoms with Gasteiger partial charge < -0.3 is 4.74 Å². The smallest absolute Gasteiger partial charge is 0.334 e. The zero-order chi connectivity index (χ0) is 10.1. The Hall–Kier alpha value is -0.930. The van der Waals surface area contributed by atoms with Crippen molar-refractivity contribution in [1.82, 2.24) is 0 Å². The number of nitrogens with zero attached hydrogens (tertiary/aromatic N) is 3. The molecule has 0 saturated carbocycles. The van der Waals surface area contributed by atoms with Crippen LogP contribution in [0.1, 0.15) is 20.3 Å². The highest BCUT2D eigenvalue weighted by atomic mass is 35.5. The van der Waals surface area contributed by atoms with E-state index < -0.39 is 11.0 Å².